The average Bonchev–Trinajstić information content (AvgIpc) is 3.80. The minimum absolute atomic E-state index is 0.867. The number of pyridine rings is 3. The Balaban J connectivity index is 1.42. The molecule has 0 radical (unpaired) electrons. The molecular weight excluding hydrogens is 576 g/mol. The Bertz CT molecular complexity index is 3060. The maximum Gasteiger partial charge on any atom is 0.146 e. The molecule has 0 aliphatic heterocycles. The largest absolute Gasteiger partial charge is 0.307 e. The Hall–Kier alpha value is -6.53. The van der Waals surface area contributed by atoms with E-state index < -0.39 is 0 Å². The Morgan fingerprint density at radius 3 is 1.83 bits per heavy atom. The standard InChI is InChI=1S/C41H24N6/c1-3-9-25(10-4-1)45-35-14-8-7-13-27(35)29-15-16-30-32-21-33-31(22-37(32)46(40(30)39(29)45)26-11-5-2-6-12-26)28-17-19-43-24-38(28)47-36-18-20-42-23-34(36)44-41(33)47/h1-24H. The first-order valence-corrected chi connectivity index (χ1v) is 15.8. The molecule has 0 saturated heterocycles. The summed E-state index contributed by atoms with van der Waals surface area (Å²) in [6.07, 6.45) is 7.50. The molecule has 6 nitrogen and oxygen atoms in total. The molecule has 0 aliphatic carbocycles. The lowest BCUT2D eigenvalue weighted by molar-refractivity contribution is 1.15. The topological polar surface area (TPSA) is 52.9 Å². The molecule has 6 heteroatoms. The van der Waals surface area contributed by atoms with E-state index in [0.29, 0.717) is 0 Å². The highest BCUT2D eigenvalue weighted by atomic mass is 15.1. The van der Waals surface area contributed by atoms with Gasteiger partial charge in [-0.15, -0.1) is 0 Å². The van der Waals surface area contributed by atoms with E-state index in [2.05, 4.69) is 139 Å². The van der Waals surface area contributed by atoms with Crippen LogP contribution in [-0.2, 0) is 0 Å². The van der Waals surface area contributed by atoms with Crippen LogP contribution in [0.15, 0.2) is 146 Å². The Morgan fingerprint density at radius 2 is 1.04 bits per heavy atom. The Kier molecular flexibility index (Phi) is 4.75. The highest BCUT2D eigenvalue weighted by molar-refractivity contribution is 6.27. The second-order valence-corrected chi connectivity index (χ2v) is 12.2. The van der Waals surface area contributed by atoms with Gasteiger partial charge in [-0.2, -0.15) is 0 Å². The molecule has 6 heterocycles. The molecule has 6 aromatic heterocycles. The molecular formula is C41H24N6. The number of imidazole rings is 1. The van der Waals surface area contributed by atoms with Crippen molar-refractivity contribution in [2.45, 2.75) is 0 Å². The number of aromatic nitrogens is 6. The summed E-state index contributed by atoms with van der Waals surface area (Å²) in [5.74, 6) is 0. The van der Waals surface area contributed by atoms with Gasteiger partial charge in [0.2, 0.25) is 0 Å². The lowest BCUT2D eigenvalue weighted by atomic mass is 10.0. The molecule has 0 fully saturated rings. The van der Waals surface area contributed by atoms with E-state index in [9.17, 15) is 0 Å². The average molecular weight is 601 g/mol. The molecule has 47 heavy (non-hydrogen) atoms. The number of nitrogens with zero attached hydrogens (tertiary/aromatic N) is 6. The molecule has 0 unspecified atom stereocenters. The summed E-state index contributed by atoms with van der Waals surface area (Å²) in [6, 6.07) is 43.6. The predicted molar refractivity (Wildman–Crippen MR) is 192 cm³/mol. The normalized spacial score (nSPS) is 12.3. The smallest absolute Gasteiger partial charge is 0.146 e. The predicted octanol–water partition coefficient (Wildman–Crippen LogP) is 9.78. The van der Waals surface area contributed by atoms with Gasteiger partial charge in [0.05, 0.1) is 45.5 Å². The first-order chi connectivity index (χ1) is 23.3. The minimum Gasteiger partial charge on any atom is -0.307 e. The summed E-state index contributed by atoms with van der Waals surface area (Å²) < 4.78 is 7.11. The van der Waals surface area contributed by atoms with Crippen molar-refractivity contribution in [3.63, 3.8) is 0 Å². The van der Waals surface area contributed by atoms with Crippen molar-refractivity contribution in [1.82, 2.24) is 28.5 Å². The molecule has 0 atom stereocenters. The molecule has 0 bridgehead atoms. The number of fused-ring (bicyclic) bond motifs is 15. The lowest BCUT2D eigenvalue weighted by Crippen LogP contribution is -1.98. The summed E-state index contributed by atoms with van der Waals surface area (Å²) in [5.41, 5.74) is 10.8. The van der Waals surface area contributed by atoms with Gasteiger partial charge in [-0.05, 0) is 60.0 Å². The number of hydrogen-bond acceptors (Lipinski definition) is 3. The van der Waals surface area contributed by atoms with Gasteiger partial charge in [-0.1, -0.05) is 66.7 Å². The van der Waals surface area contributed by atoms with Gasteiger partial charge in [0.15, 0.2) is 0 Å². The number of rotatable bonds is 2. The summed E-state index contributed by atoms with van der Waals surface area (Å²) >= 11 is 0. The van der Waals surface area contributed by atoms with Crippen LogP contribution in [-0.4, -0.2) is 28.5 Å². The molecule has 0 N–H and O–H groups in total. The van der Waals surface area contributed by atoms with E-state index in [0.717, 1.165) is 55.2 Å². The quantitative estimate of drug-likeness (QED) is 0.186. The van der Waals surface area contributed by atoms with E-state index in [1.807, 2.05) is 30.9 Å². The van der Waals surface area contributed by atoms with Crippen molar-refractivity contribution >= 4 is 82.0 Å². The Morgan fingerprint density at radius 1 is 0.404 bits per heavy atom. The van der Waals surface area contributed by atoms with Crippen molar-refractivity contribution in [2.75, 3.05) is 0 Å². The lowest BCUT2D eigenvalue weighted by Gasteiger charge is -2.13. The molecule has 0 spiro atoms. The summed E-state index contributed by atoms with van der Waals surface area (Å²) in [4.78, 5) is 14.1. The third kappa shape index (κ3) is 3.21. The van der Waals surface area contributed by atoms with E-state index in [4.69, 9.17) is 4.98 Å². The number of para-hydroxylation sites is 3. The van der Waals surface area contributed by atoms with Gasteiger partial charge in [0, 0.05) is 56.1 Å². The van der Waals surface area contributed by atoms with Gasteiger partial charge >= 0.3 is 0 Å². The van der Waals surface area contributed by atoms with Gasteiger partial charge in [0.25, 0.3) is 0 Å². The fourth-order valence-corrected chi connectivity index (χ4v) is 7.84. The van der Waals surface area contributed by atoms with Crippen molar-refractivity contribution in [1.29, 1.82) is 0 Å². The van der Waals surface area contributed by atoms with Crippen LogP contribution >= 0.6 is 0 Å². The van der Waals surface area contributed by atoms with Gasteiger partial charge < -0.3 is 9.13 Å². The van der Waals surface area contributed by atoms with Crippen molar-refractivity contribution in [2.24, 2.45) is 0 Å². The summed E-state index contributed by atoms with van der Waals surface area (Å²) in [6.45, 7) is 0. The summed E-state index contributed by atoms with van der Waals surface area (Å²) in [7, 11) is 0. The zero-order valence-electron chi connectivity index (χ0n) is 25.0. The molecule has 0 saturated carbocycles. The second kappa shape index (κ2) is 9.02. The van der Waals surface area contributed by atoms with Crippen LogP contribution in [0.4, 0.5) is 0 Å². The molecule has 218 valence electrons. The maximum atomic E-state index is 5.14. The molecule has 0 aliphatic rings. The Labute approximate surface area is 267 Å². The van der Waals surface area contributed by atoms with E-state index in [1.165, 1.54) is 38.1 Å². The number of hydrogen-bond donors (Lipinski definition) is 0. The monoisotopic (exact) mass is 600 g/mol. The van der Waals surface area contributed by atoms with E-state index >= 15 is 0 Å². The van der Waals surface area contributed by atoms with E-state index in [1.54, 1.807) is 0 Å². The fourth-order valence-electron chi connectivity index (χ4n) is 7.84. The molecule has 5 aromatic carbocycles. The summed E-state index contributed by atoms with van der Waals surface area (Å²) in [5, 5.41) is 8.23. The first-order valence-electron chi connectivity index (χ1n) is 15.8. The van der Waals surface area contributed by atoms with E-state index in [-0.39, 0.29) is 0 Å². The van der Waals surface area contributed by atoms with Crippen molar-refractivity contribution in [3.8, 4) is 11.4 Å². The molecule has 11 rings (SSSR count). The van der Waals surface area contributed by atoms with Crippen molar-refractivity contribution < 1.29 is 0 Å². The van der Waals surface area contributed by atoms with Gasteiger partial charge in [0.1, 0.15) is 11.2 Å². The first kappa shape index (κ1) is 24.8. The third-order valence-electron chi connectivity index (χ3n) is 9.76. The molecule has 11 aromatic rings. The third-order valence-corrected chi connectivity index (χ3v) is 9.76. The van der Waals surface area contributed by atoms with Crippen molar-refractivity contribution in [3.05, 3.63) is 146 Å². The SMILES string of the molecule is c1ccc(-n2c3ccccc3c3ccc4c5cc6c(cc5n(-c5ccccc5)c4c32)c2ccncc2n2c3ccncc3nc62)cc1. The van der Waals surface area contributed by atoms with Crippen LogP contribution in [0.3, 0.4) is 0 Å². The zero-order valence-corrected chi connectivity index (χ0v) is 25.0. The van der Waals surface area contributed by atoms with Gasteiger partial charge in [-0.25, -0.2) is 4.98 Å². The molecule has 0 amide bonds. The number of benzene rings is 5. The fraction of sp³-hybridized carbons (Fsp3) is 0. The highest BCUT2D eigenvalue weighted by Gasteiger charge is 2.23. The van der Waals surface area contributed by atoms with Crippen LogP contribution in [0.25, 0.3) is 93.3 Å². The second-order valence-electron chi connectivity index (χ2n) is 12.2. The van der Waals surface area contributed by atoms with Gasteiger partial charge in [-0.3, -0.25) is 14.4 Å². The van der Waals surface area contributed by atoms with Crippen LogP contribution in [0.5, 0.6) is 0 Å². The zero-order chi connectivity index (χ0) is 30.6. The minimum atomic E-state index is 0.867. The highest BCUT2D eigenvalue weighted by Crippen LogP contribution is 2.44. The van der Waals surface area contributed by atoms with Crippen LogP contribution in [0.1, 0.15) is 0 Å². The van der Waals surface area contributed by atoms with Crippen LogP contribution in [0, 0.1) is 0 Å². The maximum absolute atomic E-state index is 5.14. The van der Waals surface area contributed by atoms with Crippen LogP contribution < -0.4 is 0 Å². The van der Waals surface area contributed by atoms with Crippen LogP contribution in [0.2, 0.25) is 0 Å².